The smallest absolute Gasteiger partial charge is 0.345 e. The number of aliphatic carboxylic acids is 1. The lowest BCUT2D eigenvalue weighted by Crippen LogP contribution is -2.45. The van der Waals surface area contributed by atoms with E-state index in [1.807, 2.05) is 6.07 Å². The summed E-state index contributed by atoms with van der Waals surface area (Å²) < 4.78 is 34.8. The van der Waals surface area contributed by atoms with Crippen LogP contribution in [-0.4, -0.2) is 59.6 Å². The molecule has 31 heavy (non-hydrogen) atoms. The number of carboxylic acids is 1. The zero-order valence-electron chi connectivity index (χ0n) is 16.2. The fraction of sp³-hybridized carbons (Fsp3) is 0.286. The second-order valence-corrected chi connectivity index (χ2v) is 6.78. The van der Waals surface area contributed by atoms with Crippen LogP contribution in [0.15, 0.2) is 54.6 Å². The molecular formula is C21H20F2N2O6. The maximum atomic E-state index is 12.4. The number of para-hydroxylation sites is 1. The Bertz CT molecular complexity index is 940. The minimum Gasteiger partial charge on any atom is -0.480 e. The molecule has 0 spiro atoms. The first-order chi connectivity index (χ1) is 14.8. The third-order valence-electron chi connectivity index (χ3n) is 4.64. The monoisotopic (exact) mass is 434 g/mol. The van der Waals surface area contributed by atoms with Gasteiger partial charge in [0.15, 0.2) is 0 Å². The number of carboxylic acid groups (broad SMARTS) is 1. The standard InChI is InChI=1S/C21H20F2N2O6/c22-21(23)31-16-10-17(20(28)29)25(12-16)18(26)11-24-19(27)13-5-4-8-15(9-13)30-14-6-2-1-3-7-14/h1-9,16-17,21H,10-12H2,(H,24,27)(H,28,29)/t16-,17+/m1/s1. The van der Waals surface area contributed by atoms with Crippen LogP contribution >= 0.6 is 0 Å². The molecule has 1 saturated heterocycles. The van der Waals surface area contributed by atoms with Gasteiger partial charge in [-0.1, -0.05) is 24.3 Å². The Morgan fingerprint density at radius 3 is 2.48 bits per heavy atom. The zero-order valence-corrected chi connectivity index (χ0v) is 16.2. The number of carbonyl (C=O) groups excluding carboxylic acids is 2. The van der Waals surface area contributed by atoms with Crippen molar-refractivity contribution in [1.82, 2.24) is 10.2 Å². The van der Waals surface area contributed by atoms with Crippen LogP contribution in [0.2, 0.25) is 0 Å². The summed E-state index contributed by atoms with van der Waals surface area (Å²) in [5.74, 6) is -1.60. The highest BCUT2D eigenvalue weighted by molar-refractivity contribution is 5.97. The van der Waals surface area contributed by atoms with Gasteiger partial charge in [0.1, 0.15) is 17.5 Å². The van der Waals surface area contributed by atoms with Gasteiger partial charge in [-0.25, -0.2) is 4.79 Å². The predicted molar refractivity (Wildman–Crippen MR) is 104 cm³/mol. The molecule has 8 nitrogen and oxygen atoms in total. The van der Waals surface area contributed by atoms with E-state index >= 15 is 0 Å². The van der Waals surface area contributed by atoms with Crippen LogP contribution in [-0.2, 0) is 14.3 Å². The van der Waals surface area contributed by atoms with Gasteiger partial charge < -0.3 is 24.8 Å². The van der Waals surface area contributed by atoms with Gasteiger partial charge >= 0.3 is 12.6 Å². The van der Waals surface area contributed by atoms with Crippen molar-refractivity contribution in [2.75, 3.05) is 13.1 Å². The molecule has 164 valence electrons. The first-order valence-corrected chi connectivity index (χ1v) is 9.40. The SMILES string of the molecule is O=C(NCC(=O)N1C[C@H](OC(F)F)C[C@H]1C(=O)O)c1cccc(Oc2ccccc2)c1. The molecule has 0 radical (unpaired) electrons. The molecule has 0 bridgehead atoms. The maximum absolute atomic E-state index is 12.4. The van der Waals surface area contributed by atoms with Gasteiger partial charge in [0, 0.05) is 18.5 Å². The Morgan fingerprint density at radius 1 is 1.10 bits per heavy atom. The lowest BCUT2D eigenvalue weighted by molar-refractivity contribution is -0.160. The summed E-state index contributed by atoms with van der Waals surface area (Å²) in [6.45, 7) is -3.86. The predicted octanol–water partition coefficient (Wildman–Crippen LogP) is 2.50. The van der Waals surface area contributed by atoms with Crippen LogP contribution in [0, 0.1) is 0 Å². The highest BCUT2D eigenvalue weighted by atomic mass is 19.3. The Morgan fingerprint density at radius 2 is 1.81 bits per heavy atom. The summed E-state index contributed by atoms with van der Waals surface area (Å²) in [5.41, 5.74) is 0.233. The van der Waals surface area contributed by atoms with E-state index in [9.17, 15) is 28.3 Å². The van der Waals surface area contributed by atoms with E-state index in [0.29, 0.717) is 11.5 Å². The summed E-state index contributed by atoms with van der Waals surface area (Å²) in [4.78, 5) is 37.1. The highest BCUT2D eigenvalue weighted by Gasteiger charge is 2.41. The topological polar surface area (TPSA) is 105 Å². The molecule has 0 unspecified atom stereocenters. The van der Waals surface area contributed by atoms with Crippen molar-refractivity contribution in [2.24, 2.45) is 0 Å². The van der Waals surface area contributed by atoms with Gasteiger partial charge in [-0.2, -0.15) is 8.78 Å². The number of rotatable bonds is 8. The molecule has 2 aromatic rings. The molecule has 2 aromatic carbocycles. The minimum absolute atomic E-state index is 0.233. The third-order valence-corrected chi connectivity index (χ3v) is 4.64. The lowest BCUT2D eigenvalue weighted by Gasteiger charge is -2.21. The first kappa shape index (κ1) is 22.2. The minimum atomic E-state index is -3.07. The first-order valence-electron chi connectivity index (χ1n) is 9.40. The Kier molecular flexibility index (Phi) is 7.14. The number of amides is 2. The van der Waals surface area contributed by atoms with Crippen molar-refractivity contribution >= 4 is 17.8 Å². The van der Waals surface area contributed by atoms with Crippen molar-refractivity contribution in [2.45, 2.75) is 25.2 Å². The summed E-state index contributed by atoms with van der Waals surface area (Å²) in [7, 11) is 0. The number of likely N-dealkylation sites (tertiary alicyclic amines) is 1. The van der Waals surface area contributed by atoms with E-state index in [4.69, 9.17) is 4.74 Å². The Hall–Kier alpha value is -3.53. The van der Waals surface area contributed by atoms with E-state index in [0.717, 1.165) is 4.90 Å². The molecule has 2 amide bonds. The van der Waals surface area contributed by atoms with E-state index in [2.05, 4.69) is 10.1 Å². The van der Waals surface area contributed by atoms with Crippen molar-refractivity contribution in [3.8, 4) is 11.5 Å². The van der Waals surface area contributed by atoms with Crippen LogP contribution in [0.25, 0.3) is 0 Å². The fourth-order valence-electron chi connectivity index (χ4n) is 3.24. The number of nitrogens with zero attached hydrogens (tertiary/aromatic N) is 1. The van der Waals surface area contributed by atoms with Crippen molar-refractivity contribution < 1.29 is 37.7 Å². The molecular weight excluding hydrogens is 414 g/mol. The summed E-state index contributed by atoms with van der Waals surface area (Å²) in [6.07, 6.45) is -1.34. The third kappa shape index (κ3) is 5.98. The molecule has 10 heteroatoms. The average molecular weight is 434 g/mol. The molecule has 1 fully saturated rings. The molecule has 0 aliphatic carbocycles. The zero-order chi connectivity index (χ0) is 22.4. The van der Waals surface area contributed by atoms with Gasteiger partial charge in [-0.05, 0) is 30.3 Å². The lowest BCUT2D eigenvalue weighted by atomic mass is 10.2. The van der Waals surface area contributed by atoms with Gasteiger partial charge in [0.05, 0.1) is 12.6 Å². The van der Waals surface area contributed by atoms with Crippen LogP contribution in [0.5, 0.6) is 11.5 Å². The Labute approximate surface area is 176 Å². The summed E-state index contributed by atoms with van der Waals surface area (Å²) in [5, 5.41) is 11.7. The number of nitrogens with one attached hydrogen (secondary N) is 1. The Balaban J connectivity index is 1.59. The summed E-state index contributed by atoms with van der Waals surface area (Å²) >= 11 is 0. The van der Waals surface area contributed by atoms with E-state index in [1.54, 1.807) is 36.4 Å². The quantitative estimate of drug-likeness (QED) is 0.662. The average Bonchev–Trinajstić information content (AvgIpc) is 3.16. The van der Waals surface area contributed by atoms with E-state index in [1.165, 1.54) is 12.1 Å². The molecule has 1 heterocycles. The highest BCUT2D eigenvalue weighted by Crippen LogP contribution is 2.23. The van der Waals surface area contributed by atoms with Gasteiger partial charge in [0.25, 0.3) is 5.91 Å². The van der Waals surface area contributed by atoms with Crippen molar-refractivity contribution in [3.05, 3.63) is 60.2 Å². The largest absolute Gasteiger partial charge is 0.480 e. The van der Waals surface area contributed by atoms with Crippen LogP contribution in [0.1, 0.15) is 16.8 Å². The molecule has 3 rings (SSSR count). The van der Waals surface area contributed by atoms with Gasteiger partial charge in [0.2, 0.25) is 5.91 Å². The van der Waals surface area contributed by atoms with Crippen LogP contribution < -0.4 is 10.1 Å². The fourth-order valence-corrected chi connectivity index (χ4v) is 3.24. The number of hydrogen-bond acceptors (Lipinski definition) is 5. The maximum Gasteiger partial charge on any atom is 0.345 e. The van der Waals surface area contributed by atoms with E-state index < -0.39 is 43.1 Å². The molecule has 2 N–H and O–H groups in total. The molecule has 1 aliphatic rings. The second-order valence-electron chi connectivity index (χ2n) is 6.78. The molecule has 2 atom stereocenters. The number of hydrogen-bond donors (Lipinski definition) is 2. The number of halogens is 2. The van der Waals surface area contributed by atoms with Gasteiger partial charge in [-0.3, -0.25) is 9.59 Å². The molecule has 0 saturated carbocycles. The van der Waals surface area contributed by atoms with E-state index in [-0.39, 0.29) is 18.5 Å². The molecule has 1 aliphatic heterocycles. The van der Waals surface area contributed by atoms with Crippen molar-refractivity contribution in [1.29, 1.82) is 0 Å². The van der Waals surface area contributed by atoms with Gasteiger partial charge in [-0.15, -0.1) is 0 Å². The number of benzene rings is 2. The number of alkyl halides is 2. The second kappa shape index (κ2) is 9.98. The molecule has 0 aromatic heterocycles. The van der Waals surface area contributed by atoms with Crippen LogP contribution in [0.3, 0.4) is 0 Å². The van der Waals surface area contributed by atoms with Crippen LogP contribution in [0.4, 0.5) is 8.78 Å². The number of ether oxygens (including phenoxy) is 2. The normalized spacial score (nSPS) is 18.1. The summed E-state index contributed by atoms with van der Waals surface area (Å²) in [6, 6.07) is 14.0. The van der Waals surface area contributed by atoms with Crippen molar-refractivity contribution in [3.63, 3.8) is 0 Å². The number of carbonyl (C=O) groups is 3.